The third-order valence-corrected chi connectivity index (χ3v) is 9.91. The van der Waals surface area contributed by atoms with Gasteiger partial charge in [-0.3, -0.25) is 24.1 Å². The minimum absolute atomic E-state index is 0.0450. The normalized spacial score (nSPS) is 31.1. The molecule has 1 aliphatic heterocycles. The first-order valence-electron chi connectivity index (χ1n) is 16.2. The molecule has 11 nitrogen and oxygen atoms in total. The molecule has 1 amide bonds. The lowest BCUT2D eigenvalue weighted by Gasteiger charge is -2.51. The van der Waals surface area contributed by atoms with Gasteiger partial charge in [-0.15, -0.1) is 0 Å². The van der Waals surface area contributed by atoms with E-state index in [1.165, 1.54) is 6.92 Å². The Morgan fingerprint density at radius 3 is 2.51 bits per heavy atom. The van der Waals surface area contributed by atoms with Crippen LogP contribution in [0.2, 0.25) is 0 Å². The Morgan fingerprint density at radius 1 is 1.12 bits per heavy atom. The number of hydrogen-bond acceptors (Lipinski definition) is 10. The van der Waals surface area contributed by atoms with E-state index >= 15 is 0 Å². The second-order valence-electron chi connectivity index (χ2n) is 13.6. The molecule has 0 radical (unpaired) electrons. The van der Waals surface area contributed by atoms with Crippen LogP contribution < -0.4 is 5.32 Å². The first kappa shape index (κ1) is 35.2. The van der Waals surface area contributed by atoms with Gasteiger partial charge in [0.05, 0.1) is 31.1 Å². The number of cyclic esters (lactones) is 1. The van der Waals surface area contributed by atoms with Crippen molar-refractivity contribution in [1.82, 2.24) is 10.2 Å². The highest BCUT2D eigenvalue weighted by Crippen LogP contribution is 2.49. The molecule has 0 unspecified atom stereocenters. The monoisotopic (exact) mass is 610 g/mol. The molecule has 3 N–H and O–H groups in total. The molecule has 0 aromatic heterocycles. The summed E-state index contributed by atoms with van der Waals surface area (Å²) in [7, 11) is 0. The Kier molecular flexibility index (Phi) is 13.3. The van der Waals surface area contributed by atoms with Crippen LogP contribution in [0.5, 0.6) is 0 Å². The maximum atomic E-state index is 13.3. The molecule has 8 atom stereocenters. The highest BCUT2D eigenvalue weighted by molar-refractivity contribution is 5.78. The van der Waals surface area contributed by atoms with Gasteiger partial charge in [-0.2, -0.15) is 0 Å². The van der Waals surface area contributed by atoms with E-state index in [0.717, 1.165) is 25.7 Å². The summed E-state index contributed by atoms with van der Waals surface area (Å²) >= 11 is 0. The molecule has 2 aliphatic carbocycles. The summed E-state index contributed by atoms with van der Waals surface area (Å²) in [6, 6.07) is -0.163. The first-order valence-corrected chi connectivity index (χ1v) is 16.2. The predicted molar refractivity (Wildman–Crippen MR) is 158 cm³/mol. The van der Waals surface area contributed by atoms with Gasteiger partial charge in [-0.25, -0.2) is 0 Å². The number of carbonyl (C=O) groups excluding carboxylic acids is 4. The van der Waals surface area contributed by atoms with Crippen LogP contribution in [0.4, 0.5) is 0 Å². The van der Waals surface area contributed by atoms with Gasteiger partial charge >= 0.3 is 17.9 Å². The van der Waals surface area contributed by atoms with Crippen molar-refractivity contribution in [3.05, 3.63) is 0 Å². The van der Waals surface area contributed by atoms with E-state index < -0.39 is 17.5 Å². The molecule has 0 spiro atoms. The van der Waals surface area contributed by atoms with Crippen LogP contribution in [-0.4, -0.2) is 96.1 Å². The van der Waals surface area contributed by atoms with E-state index in [-0.39, 0.29) is 86.6 Å². The number of nitrogens with one attached hydrogen (secondary N) is 1. The Balaban J connectivity index is 1.72. The Morgan fingerprint density at radius 2 is 1.86 bits per heavy atom. The van der Waals surface area contributed by atoms with Gasteiger partial charge < -0.3 is 29.7 Å². The van der Waals surface area contributed by atoms with E-state index in [1.54, 1.807) is 4.90 Å². The second kappa shape index (κ2) is 16.2. The van der Waals surface area contributed by atoms with Gasteiger partial charge in [0.25, 0.3) is 0 Å². The van der Waals surface area contributed by atoms with E-state index in [4.69, 9.17) is 14.2 Å². The summed E-state index contributed by atoms with van der Waals surface area (Å²) in [6.45, 7) is 10.0. The fourth-order valence-corrected chi connectivity index (χ4v) is 7.15. The minimum Gasteiger partial charge on any atom is -0.465 e. The lowest BCUT2D eigenvalue weighted by Crippen LogP contribution is -2.54. The summed E-state index contributed by atoms with van der Waals surface area (Å²) < 4.78 is 16.9. The van der Waals surface area contributed by atoms with Gasteiger partial charge in [-0.1, -0.05) is 20.3 Å². The maximum absolute atomic E-state index is 13.3. The summed E-state index contributed by atoms with van der Waals surface area (Å²) in [5.74, 6) is -0.101. The summed E-state index contributed by atoms with van der Waals surface area (Å²) in [4.78, 5) is 51.3. The highest BCUT2D eigenvalue weighted by atomic mass is 16.6. The highest BCUT2D eigenvalue weighted by Gasteiger charge is 2.49. The summed E-state index contributed by atoms with van der Waals surface area (Å²) in [5, 5.41) is 22.7. The number of hydrogen-bond donors (Lipinski definition) is 3. The van der Waals surface area contributed by atoms with Crippen molar-refractivity contribution in [3.8, 4) is 0 Å². The standard InChI is InChI=1S/C32H54N2O9/c1-6-32(4,5)31(40)43-27-16-23(33-28(38)19-34(11-13-35)12-14-41-21(3)36)15-22-8-7-20(2)26(30(22)27)10-9-25-17-24(37)18-29(39)42-25/h20,22-27,30,35,37H,6-19H2,1-5H3,(H,33,38)/t20-,22-,23-,24+,25-,26-,27-,30-/m0/s1. The maximum Gasteiger partial charge on any atom is 0.311 e. The Bertz CT molecular complexity index is 957. The smallest absolute Gasteiger partial charge is 0.311 e. The predicted octanol–water partition coefficient (Wildman–Crippen LogP) is 2.60. The molecule has 0 aromatic rings. The van der Waals surface area contributed by atoms with Crippen molar-refractivity contribution in [2.75, 3.05) is 32.8 Å². The van der Waals surface area contributed by atoms with Gasteiger partial charge in [0.2, 0.25) is 5.91 Å². The zero-order valence-corrected chi connectivity index (χ0v) is 26.7. The van der Waals surface area contributed by atoms with Crippen molar-refractivity contribution >= 4 is 23.8 Å². The Hall–Kier alpha value is -2.24. The lowest BCUT2D eigenvalue weighted by molar-refractivity contribution is -0.173. The van der Waals surface area contributed by atoms with Gasteiger partial charge in [0.15, 0.2) is 0 Å². The molecular weight excluding hydrogens is 556 g/mol. The van der Waals surface area contributed by atoms with Crippen LogP contribution in [0.15, 0.2) is 0 Å². The van der Waals surface area contributed by atoms with Crippen LogP contribution in [0.3, 0.4) is 0 Å². The van der Waals surface area contributed by atoms with Crippen molar-refractivity contribution in [2.45, 2.75) is 117 Å². The van der Waals surface area contributed by atoms with Crippen LogP contribution in [0.25, 0.3) is 0 Å². The number of esters is 3. The SMILES string of the molecule is CCC(C)(C)C(=O)O[C@H]1C[C@@H](NC(=O)CN(CCO)CCOC(C)=O)C[C@@H]2CC[C@H](C)[C@H](CC[C@H]3C[C@@H](O)CC(=O)O3)[C@H]21. The van der Waals surface area contributed by atoms with Gasteiger partial charge in [-0.05, 0) is 63.7 Å². The number of aliphatic hydroxyl groups excluding tert-OH is 2. The van der Waals surface area contributed by atoms with Crippen molar-refractivity contribution in [3.63, 3.8) is 0 Å². The minimum atomic E-state index is -0.665. The number of amides is 1. The van der Waals surface area contributed by atoms with E-state index in [1.807, 2.05) is 20.8 Å². The average Bonchev–Trinajstić information content (AvgIpc) is 2.92. The molecule has 1 saturated heterocycles. The molecule has 246 valence electrons. The third kappa shape index (κ3) is 10.4. The molecule has 0 aromatic carbocycles. The van der Waals surface area contributed by atoms with Gasteiger partial charge in [0, 0.05) is 44.8 Å². The van der Waals surface area contributed by atoms with Gasteiger partial charge in [0.1, 0.15) is 18.8 Å². The molecule has 0 bridgehead atoms. The molecule has 1 heterocycles. The zero-order valence-electron chi connectivity index (χ0n) is 26.7. The molecular formula is C32H54N2O9. The van der Waals surface area contributed by atoms with Crippen molar-refractivity contribution in [1.29, 1.82) is 0 Å². The van der Waals surface area contributed by atoms with Crippen LogP contribution in [-0.2, 0) is 33.4 Å². The van der Waals surface area contributed by atoms with Crippen molar-refractivity contribution in [2.24, 2.45) is 29.1 Å². The van der Waals surface area contributed by atoms with E-state index in [9.17, 15) is 29.4 Å². The van der Waals surface area contributed by atoms with E-state index in [2.05, 4.69) is 12.2 Å². The quantitative estimate of drug-likeness (QED) is 0.198. The fraction of sp³-hybridized carbons (Fsp3) is 0.875. The van der Waals surface area contributed by atoms with Crippen LogP contribution in [0.1, 0.15) is 92.4 Å². The number of nitrogens with zero attached hydrogens (tertiary/aromatic N) is 1. The number of ether oxygens (including phenoxy) is 3. The lowest BCUT2D eigenvalue weighted by atomic mass is 9.58. The largest absolute Gasteiger partial charge is 0.465 e. The van der Waals surface area contributed by atoms with Crippen molar-refractivity contribution < 1.29 is 43.6 Å². The molecule has 11 heteroatoms. The third-order valence-electron chi connectivity index (χ3n) is 9.91. The Labute approximate surface area is 256 Å². The van der Waals surface area contributed by atoms with Crippen LogP contribution >= 0.6 is 0 Å². The number of aliphatic hydroxyl groups is 2. The number of carbonyl (C=O) groups is 4. The number of rotatable bonds is 14. The summed E-state index contributed by atoms with van der Waals surface area (Å²) in [6.07, 6.45) is 4.62. The number of fused-ring (bicyclic) bond motifs is 1. The average molecular weight is 611 g/mol. The van der Waals surface area contributed by atoms with Crippen LogP contribution in [0, 0.1) is 29.1 Å². The molecule has 2 saturated carbocycles. The first-order chi connectivity index (χ1) is 20.3. The molecule has 43 heavy (non-hydrogen) atoms. The summed E-state index contributed by atoms with van der Waals surface area (Å²) in [5.41, 5.74) is -0.624. The molecule has 3 aliphatic rings. The fourth-order valence-electron chi connectivity index (χ4n) is 7.15. The molecule has 3 fully saturated rings. The topological polar surface area (TPSA) is 152 Å². The zero-order chi connectivity index (χ0) is 31.7. The van der Waals surface area contributed by atoms with E-state index in [0.29, 0.717) is 38.1 Å². The second-order valence-corrected chi connectivity index (χ2v) is 13.6. The molecule has 3 rings (SSSR count).